The van der Waals surface area contributed by atoms with Crippen LogP contribution in [0.15, 0.2) is 42.7 Å². The second-order valence-electron chi connectivity index (χ2n) is 8.37. The number of nitrogens with zero attached hydrogens (tertiary/aromatic N) is 2. The molecule has 1 saturated heterocycles. The van der Waals surface area contributed by atoms with Crippen LogP contribution in [-0.4, -0.2) is 27.9 Å². The summed E-state index contributed by atoms with van der Waals surface area (Å²) in [6.07, 6.45) is 9.41. The normalized spacial score (nSPS) is 21.3. The van der Waals surface area contributed by atoms with E-state index in [0.29, 0.717) is 6.42 Å². The van der Waals surface area contributed by atoms with Crippen molar-refractivity contribution in [2.24, 2.45) is 0 Å². The second-order valence-corrected chi connectivity index (χ2v) is 8.37. The molecule has 2 aliphatic heterocycles. The smallest absolute Gasteiger partial charge is 0.227 e. The summed E-state index contributed by atoms with van der Waals surface area (Å²) in [6, 6.07) is 10.4. The summed E-state index contributed by atoms with van der Waals surface area (Å²) in [5.74, 6) is 1.18. The van der Waals surface area contributed by atoms with E-state index in [9.17, 15) is 4.79 Å². The van der Waals surface area contributed by atoms with Crippen molar-refractivity contribution >= 4 is 5.91 Å². The van der Waals surface area contributed by atoms with E-state index in [2.05, 4.69) is 35.9 Å². The molecule has 0 aliphatic carbocycles. The molecule has 3 heterocycles. The molecule has 0 N–H and O–H groups in total. The largest absolute Gasteiger partial charge is 0.488 e. The molecule has 0 bridgehead atoms. The second kappa shape index (κ2) is 7.34. The van der Waals surface area contributed by atoms with E-state index in [1.165, 1.54) is 5.56 Å². The first kappa shape index (κ1) is 18.0. The van der Waals surface area contributed by atoms with Gasteiger partial charge in [-0.15, -0.1) is 0 Å². The molecule has 2 aromatic rings. The number of piperidine rings is 1. The van der Waals surface area contributed by atoms with Crippen molar-refractivity contribution < 1.29 is 9.53 Å². The fraction of sp³-hybridized carbons (Fsp3) is 0.478. The van der Waals surface area contributed by atoms with Crippen LogP contribution >= 0.6 is 0 Å². The van der Waals surface area contributed by atoms with E-state index in [4.69, 9.17) is 4.74 Å². The van der Waals surface area contributed by atoms with Gasteiger partial charge in [-0.2, -0.15) is 0 Å². The molecule has 4 rings (SSSR count). The van der Waals surface area contributed by atoms with Crippen molar-refractivity contribution in [1.82, 2.24) is 9.88 Å². The van der Waals surface area contributed by atoms with Crippen molar-refractivity contribution in [3.8, 4) is 5.75 Å². The van der Waals surface area contributed by atoms with Crippen molar-refractivity contribution in [3.63, 3.8) is 0 Å². The molecule has 142 valence electrons. The Bertz CT molecular complexity index is 816. The lowest BCUT2D eigenvalue weighted by Gasteiger charge is -2.36. The molecule has 27 heavy (non-hydrogen) atoms. The lowest BCUT2D eigenvalue weighted by atomic mass is 9.92. The minimum Gasteiger partial charge on any atom is -0.488 e. The number of amides is 1. The molecule has 1 atom stereocenters. The predicted molar refractivity (Wildman–Crippen MR) is 106 cm³/mol. The molecule has 0 unspecified atom stereocenters. The quantitative estimate of drug-likeness (QED) is 0.806. The number of pyridine rings is 1. The third-order valence-electron chi connectivity index (χ3n) is 5.76. The molecule has 1 fully saturated rings. The number of aromatic nitrogens is 1. The minimum atomic E-state index is -0.102. The Morgan fingerprint density at radius 1 is 1.30 bits per heavy atom. The number of rotatable bonds is 3. The number of likely N-dealkylation sites (tertiary alicyclic amines) is 1. The molecule has 0 saturated carbocycles. The average Bonchev–Trinajstić information content (AvgIpc) is 2.68. The summed E-state index contributed by atoms with van der Waals surface area (Å²) in [5, 5.41) is 0. The van der Waals surface area contributed by atoms with E-state index in [0.717, 1.165) is 55.5 Å². The van der Waals surface area contributed by atoms with E-state index in [-0.39, 0.29) is 17.6 Å². The van der Waals surface area contributed by atoms with Crippen LogP contribution in [0.3, 0.4) is 0 Å². The maximum absolute atomic E-state index is 13.1. The number of benzene rings is 1. The highest BCUT2D eigenvalue weighted by Gasteiger charge is 2.29. The third kappa shape index (κ3) is 4.00. The van der Waals surface area contributed by atoms with Gasteiger partial charge in [0, 0.05) is 18.9 Å². The topological polar surface area (TPSA) is 42.4 Å². The fourth-order valence-electron chi connectivity index (χ4n) is 4.25. The van der Waals surface area contributed by atoms with Gasteiger partial charge < -0.3 is 9.64 Å². The van der Waals surface area contributed by atoms with Crippen LogP contribution in [0.2, 0.25) is 0 Å². The zero-order valence-electron chi connectivity index (χ0n) is 16.3. The van der Waals surface area contributed by atoms with Gasteiger partial charge in [0.25, 0.3) is 0 Å². The van der Waals surface area contributed by atoms with Gasteiger partial charge in [-0.1, -0.05) is 18.2 Å². The highest BCUT2D eigenvalue weighted by molar-refractivity contribution is 5.79. The van der Waals surface area contributed by atoms with E-state index in [1.54, 1.807) is 6.20 Å². The molecule has 0 radical (unpaired) electrons. The molecule has 1 aromatic carbocycles. The number of fused-ring (bicyclic) bond motifs is 1. The van der Waals surface area contributed by atoms with Crippen molar-refractivity contribution in [2.75, 3.05) is 6.54 Å². The van der Waals surface area contributed by atoms with Crippen LogP contribution in [0.4, 0.5) is 0 Å². The molecule has 0 spiro atoms. The van der Waals surface area contributed by atoms with Crippen molar-refractivity contribution in [2.45, 2.75) is 64.0 Å². The number of hydrogen-bond donors (Lipinski definition) is 0. The number of carbonyl (C=O) groups is 1. The Hall–Kier alpha value is -2.36. The summed E-state index contributed by atoms with van der Waals surface area (Å²) >= 11 is 0. The van der Waals surface area contributed by atoms with Gasteiger partial charge in [-0.05, 0) is 74.8 Å². The molecular weight excluding hydrogens is 336 g/mol. The van der Waals surface area contributed by atoms with Crippen LogP contribution < -0.4 is 4.74 Å². The summed E-state index contributed by atoms with van der Waals surface area (Å²) in [4.78, 5) is 19.4. The monoisotopic (exact) mass is 364 g/mol. The van der Waals surface area contributed by atoms with Crippen molar-refractivity contribution in [3.05, 3.63) is 59.4 Å². The van der Waals surface area contributed by atoms with Gasteiger partial charge in [0.1, 0.15) is 11.4 Å². The lowest BCUT2D eigenvalue weighted by Crippen LogP contribution is -2.39. The first-order valence-electron chi connectivity index (χ1n) is 10.0. The van der Waals surface area contributed by atoms with Crippen molar-refractivity contribution in [1.29, 1.82) is 0 Å². The summed E-state index contributed by atoms with van der Waals surface area (Å²) in [5.41, 5.74) is 3.35. The van der Waals surface area contributed by atoms with Crippen LogP contribution in [0, 0.1) is 0 Å². The Morgan fingerprint density at radius 3 is 3.00 bits per heavy atom. The predicted octanol–water partition coefficient (Wildman–Crippen LogP) is 4.48. The van der Waals surface area contributed by atoms with Crippen LogP contribution in [-0.2, 0) is 17.6 Å². The Balaban J connectivity index is 1.50. The van der Waals surface area contributed by atoms with E-state index >= 15 is 0 Å². The molecule has 2 aliphatic rings. The van der Waals surface area contributed by atoms with Gasteiger partial charge in [0.2, 0.25) is 5.91 Å². The van der Waals surface area contributed by atoms with E-state index in [1.807, 2.05) is 24.4 Å². The number of carbonyl (C=O) groups excluding carboxylic acids is 1. The lowest BCUT2D eigenvalue weighted by molar-refractivity contribution is -0.134. The Labute approximate surface area is 161 Å². The van der Waals surface area contributed by atoms with Crippen LogP contribution in [0.25, 0.3) is 0 Å². The molecule has 4 heteroatoms. The highest BCUT2D eigenvalue weighted by Crippen LogP contribution is 2.34. The average molecular weight is 364 g/mol. The number of ether oxygens (including phenoxy) is 1. The third-order valence-corrected chi connectivity index (χ3v) is 5.76. The van der Waals surface area contributed by atoms with Gasteiger partial charge in [0.05, 0.1) is 12.5 Å². The maximum atomic E-state index is 13.1. The van der Waals surface area contributed by atoms with Crippen LogP contribution in [0.1, 0.15) is 62.3 Å². The minimum absolute atomic E-state index is 0.102. The first-order chi connectivity index (χ1) is 13.0. The van der Waals surface area contributed by atoms with E-state index < -0.39 is 0 Å². The van der Waals surface area contributed by atoms with Gasteiger partial charge in [-0.3, -0.25) is 9.78 Å². The molecular formula is C23H28N2O2. The Morgan fingerprint density at radius 2 is 2.19 bits per heavy atom. The molecule has 4 nitrogen and oxygen atoms in total. The Kier molecular flexibility index (Phi) is 4.90. The van der Waals surface area contributed by atoms with Gasteiger partial charge in [-0.25, -0.2) is 0 Å². The molecule has 1 amide bonds. The van der Waals surface area contributed by atoms with Gasteiger partial charge in [0.15, 0.2) is 0 Å². The van der Waals surface area contributed by atoms with Gasteiger partial charge >= 0.3 is 0 Å². The summed E-state index contributed by atoms with van der Waals surface area (Å²) in [6.45, 7) is 5.09. The summed E-state index contributed by atoms with van der Waals surface area (Å²) < 4.78 is 6.07. The first-order valence-corrected chi connectivity index (χ1v) is 10.0. The summed E-state index contributed by atoms with van der Waals surface area (Å²) in [7, 11) is 0. The van der Waals surface area contributed by atoms with Crippen LogP contribution in [0.5, 0.6) is 5.75 Å². The highest BCUT2D eigenvalue weighted by atomic mass is 16.5. The standard InChI is InChI=1S/C23H28N2O2/c1-23(2)11-10-18-14-17(8-9-21(18)27-23)15-22(26)25-13-4-3-7-20(25)19-6-5-12-24-16-19/h5-6,8-9,12,14,16,20H,3-4,7,10-11,13,15H2,1-2H3/t20-/m0/s1. The number of aryl methyl sites for hydroxylation is 1. The molecule has 1 aromatic heterocycles. The fourth-order valence-corrected chi connectivity index (χ4v) is 4.25. The maximum Gasteiger partial charge on any atom is 0.227 e. The number of hydrogen-bond acceptors (Lipinski definition) is 3. The zero-order chi connectivity index (χ0) is 18.9. The zero-order valence-corrected chi connectivity index (χ0v) is 16.3. The SMILES string of the molecule is CC1(C)CCc2cc(CC(=O)N3CCCC[C@H]3c3cccnc3)ccc2O1.